The van der Waals surface area contributed by atoms with E-state index >= 15 is 0 Å². The number of halogens is 2. The van der Waals surface area contributed by atoms with Gasteiger partial charge in [-0.2, -0.15) is 0 Å². The SMILES string of the molecule is COc1ccc(OC)c(CNc2ccc(Cl)cc2F)c1. The van der Waals surface area contributed by atoms with Crippen molar-refractivity contribution in [3.8, 4) is 11.5 Å². The number of ether oxygens (including phenoxy) is 2. The van der Waals surface area contributed by atoms with Crippen molar-refractivity contribution < 1.29 is 13.9 Å². The molecule has 3 nitrogen and oxygen atoms in total. The Balaban J connectivity index is 2.17. The molecule has 2 rings (SSSR count). The van der Waals surface area contributed by atoms with Gasteiger partial charge in [-0.3, -0.25) is 0 Å². The average molecular weight is 296 g/mol. The minimum atomic E-state index is -0.389. The van der Waals surface area contributed by atoms with Gasteiger partial charge in [0.1, 0.15) is 17.3 Å². The van der Waals surface area contributed by atoms with Crippen LogP contribution in [0.25, 0.3) is 0 Å². The van der Waals surface area contributed by atoms with Crippen molar-refractivity contribution in [1.29, 1.82) is 0 Å². The normalized spacial score (nSPS) is 10.2. The van der Waals surface area contributed by atoms with Crippen LogP contribution in [0.5, 0.6) is 11.5 Å². The number of rotatable bonds is 5. The van der Waals surface area contributed by atoms with Crippen molar-refractivity contribution in [2.75, 3.05) is 19.5 Å². The molecule has 0 saturated carbocycles. The van der Waals surface area contributed by atoms with Crippen LogP contribution in [0.2, 0.25) is 5.02 Å². The summed E-state index contributed by atoms with van der Waals surface area (Å²) in [5, 5.41) is 3.38. The van der Waals surface area contributed by atoms with Gasteiger partial charge in [0, 0.05) is 17.1 Å². The Hall–Kier alpha value is -1.94. The molecule has 106 valence electrons. The Labute approximate surface area is 122 Å². The number of anilines is 1. The van der Waals surface area contributed by atoms with E-state index < -0.39 is 0 Å². The first-order chi connectivity index (χ1) is 9.63. The van der Waals surface area contributed by atoms with Gasteiger partial charge in [0.2, 0.25) is 0 Å². The molecule has 0 bridgehead atoms. The molecule has 0 heterocycles. The number of hydrogen-bond donors (Lipinski definition) is 1. The van der Waals surface area contributed by atoms with Gasteiger partial charge in [-0.1, -0.05) is 11.6 Å². The van der Waals surface area contributed by atoms with E-state index in [0.29, 0.717) is 23.0 Å². The van der Waals surface area contributed by atoms with Gasteiger partial charge < -0.3 is 14.8 Å². The molecular weight excluding hydrogens is 281 g/mol. The van der Waals surface area contributed by atoms with E-state index in [0.717, 1.165) is 11.3 Å². The zero-order valence-corrected chi connectivity index (χ0v) is 12.0. The molecule has 0 radical (unpaired) electrons. The summed E-state index contributed by atoms with van der Waals surface area (Å²) in [6, 6.07) is 9.98. The fourth-order valence-electron chi connectivity index (χ4n) is 1.84. The summed E-state index contributed by atoms with van der Waals surface area (Å²) in [7, 11) is 3.19. The summed E-state index contributed by atoms with van der Waals surface area (Å²) < 4.78 is 24.1. The van der Waals surface area contributed by atoms with E-state index in [-0.39, 0.29) is 5.82 Å². The summed E-state index contributed by atoms with van der Waals surface area (Å²) in [6.07, 6.45) is 0. The van der Waals surface area contributed by atoms with Crippen LogP contribution in [0.3, 0.4) is 0 Å². The Kier molecular flexibility index (Phi) is 4.69. The van der Waals surface area contributed by atoms with Crippen molar-refractivity contribution in [2.45, 2.75) is 6.54 Å². The lowest BCUT2D eigenvalue weighted by Gasteiger charge is -2.12. The Morgan fingerprint density at radius 2 is 1.90 bits per heavy atom. The van der Waals surface area contributed by atoms with Gasteiger partial charge in [-0.05, 0) is 36.4 Å². The standard InChI is InChI=1S/C15H15ClFNO2/c1-19-12-4-6-15(20-2)10(7-12)9-18-14-5-3-11(16)8-13(14)17/h3-8,18H,9H2,1-2H3. The highest BCUT2D eigenvalue weighted by Gasteiger charge is 2.07. The zero-order valence-electron chi connectivity index (χ0n) is 11.2. The lowest BCUT2D eigenvalue weighted by molar-refractivity contribution is 0.399. The quantitative estimate of drug-likeness (QED) is 0.900. The van der Waals surface area contributed by atoms with Crippen molar-refractivity contribution in [2.24, 2.45) is 0 Å². The largest absolute Gasteiger partial charge is 0.497 e. The highest BCUT2D eigenvalue weighted by Crippen LogP contribution is 2.26. The lowest BCUT2D eigenvalue weighted by Crippen LogP contribution is -2.03. The Morgan fingerprint density at radius 3 is 2.55 bits per heavy atom. The maximum atomic E-state index is 13.7. The van der Waals surface area contributed by atoms with Crippen molar-refractivity contribution in [3.05, 3.63) is 52.8 Å². The Morgan fingerprint density at radius 1 is 1.10 bits per heavy atom. The second kappa shape index (κ2) is 6.48. The van der Waals surface area contributed by atoms with Crippen LogP contribution < -0.4 is 14.8 Å². The summed E-state index contributed by atoms with van der Waals surface area (Å²) in [5.74, 6) is 1.05. The van der Waals surface area contributed by atoms with E-state index in [1.807, 2.05) is 18.2 Å². The molecule has 0 atom stereocenters. The molecule has 0 aromatic heterocycles. The van der Waals surface area contributed by atoms with Crippen LogP contribution >= 0.6 is 11.6 Å². The van der Waals surface area contributed by atoms with Gasteiger partial charge >= 0.3 is 0 Å². The predicted octanol–water partition coefficient (Wildman–Crippen LogP) is 4.11. The van der Waals surface area contributed by atoms with Crippen LogP contribution in [-0.2, 0) is 6.54 Å². The molecule has 1 N–H and O–H groups in total. The van der Waals surface area contributed by atoms with E-state index in [4.69, 9.17) is 21.1 Å². The monoisotopic (exact) mass is 295 g/mol. The third-order valence-corrected chi connectivity index (χ3v) is 3.12. The predicted molar refractivity (Wildman–Crippen MR) is 78.3 cm³/mol. The number of benzene rings is 2. The minimum Gasteiger partial charge on any atom is -0.497 e. The molecule has 20 heavy (non-hydrogen) atoms. The summed E-state index contributed by atoms with van der Waals surface area (Å²) in [4.78, 5) is 0. The van der Waals surface area contributed by atoms with E-state index in [2.05, 4.69) is 5.32 Å². The third kappa shape index (κ3) is 3.33. The maximum absolute atomic E-state index is 13.7. The first kappa shape index (κ1) is 14.5. The second-order valence-electron chi connectivity index (χ2n) is 4.16. The Bertz CT molecular complexity index is 604. The molecular formula is C15H15ClFNO2. The van der Waals surface area contributed by atoms with Crippen LogP contribution in [-0.4, -0.2) is 14.2 Å². The molecule has 0 amide bonds. The number of hydrogen-bond acceptors (Lipinski definition) is 3. The van der Waals surface area contributed by atoms with Crippen molar-refractivity contribution in [3.63, 3.8) is 0 Å². The number of methoxy groups -OCH3 is 2. The minimum absolute atomic E-state index is 0.368. The molecule has 0 spiro atoms. The van der Waals surface area contributed by atoms with Crippen LogP contribution in [0.1, 0.15) is 5.56 Å². The van der Waals surface area contributed by atoms with Crippen LogP contribution in [0.4, 0.5) is 10.1 Å². The van der Waals surface area contributed by atoms with E-state index in [1.54, 1.807) is 26.4 Å². The van der Waals surface area contributed by atoms with Crippen LogP contribution in [0, 0.1) is 5.82 Å². The molecule has 5 heteroatoms. The summed E-state index contributed by atoms with van der Waals surface area (Å²) in [6.45, 7) is 0.416. The molecule has 0 saturated heterocycles. The molecule has 0 unspecified atom stereocenters. The van der Waals surface area contributed by atoms with E-state index in [1.165, 1.54) is 6.07 Å². The lowest BCUT2D eigenvalue weighted by atomic mass is 10.2. The smallest absolute Gasteiger partial charge is 0.147 e. The fraction of sp³-hybridized carbons (Fsp3) is 0.200. The van der Waals surface area contributed by atoms with E-state index in [9.17, 15) is 4.39 Å². The van der Waals surface area contributed by atoms with Gasteiger partial charge in [0.05, 0.1) is 19.9 Å². The number of nitrogens with one attached hydrogen (secondary N) is 1. The highest BCUT2D eigenvalue weighted by molar-refractivity contribution is 6.30. The molecule has 0 aliphatic carbocycles. The van der Waals surface area contributed by atoms with Crippen molar-refractivity contribution in [1.82, 2.24) is 0 Å². The molecule has 0 aliphatic heterocycles. The van der Waals surface area contributed by atoms with Gasteiger partial charge in [0.25, 0.3) is 0 Å². The average Bonchev–Trinajstić information content (AvgIpc) is 2.46. The topological polar surface area (TPSA) is 30.5 Å². The first-order valence-electron chi connectivity index (χ1n) is 6.04. The molecule has 2 aromatic rings. The van der Waals surface area contributed by atoms with Gasteiger partial charge in [-0.25, -0.2) is 4.39 Å². The fourth-order valence-corrected chi connectivity index (χ4v) is 2.00. The van der Waals surface area contributed by atoms with Gasteiger partial charge in [-0.15, -0.1) is 0 Å². The maximum Gasteiger partial charge on any atom is 0.147 e. The molecule has 2 aromatic carbocycles. The van der Waals surface area contributed by atoms with Crippen LogP contribution in [0.15, 0.2) is 36.4 Å². The zero-order chi connectivity index (χ0) is 14.5. The van der Waals surface area contributed by atoms with Crippen molar-refractivity contribution >= 4 is 17.3 Å². The second-order valence-corrected chi connectivity index (χ2v) is 4.59. The first-order valence-corrected chi connectivity index (χ1v) is 6.41. The summed E-state index contributed by atoms with van der Waals surface area (Å²) in [5.41, 5.74) is 1.26. The third-order valence-electron chi connectivity index (χ3n) is 2.89. The molecule has 0 fully saturated rings. The highest BCUT2D eigenvalue weighted by atomic mass is 35.5. The summed E-state index contributed by atoms with van der Waals surface area (Å²) >= 11 is 5.72. The molecule has 0 aliphatic rings. The van der Waals surface area contributed by atoms with Gasteiger partial charge in [0.15, 0.2) is 0 Å².